The Balaban J connectivity index is 1.81. The summed E-state index contributed by atoms with van der Waals surface area (Å²) in [5.41, 5.74) is 7.02. The topological polar surface area (TPSA) is 139 Å². The van der Waals surface area contributed by atoms with Gasteiger partial charge in [0.1, 0.15) is 0 Å². The standard InChI is InChI=1S/C15H12N6O3/c16-14(19-13(22)9-4-2-1-3-5-9)20-15-17-11-7-6-10(21(23)24)8-12(11)18-15/h1-8H,(H4,16,17,18,19,20,22). The molecular weight excluding hydrogens is 312 g/mol. The third-order valence-corrected chi connectivity index (χ3v) is 3.17. The number of amides is 1. The van der Waals surface area contributed by atoms with E-state index in [2.05, 4.69) is 20.3 Å². The first-order valence-corrected chi connectivity index (χ1v) is 6.87. The molecule has 0 spiro atoms. The number of aromatic nitrogens is 2. The van der Waals surface area contributed by atoms with Crippen LogP contribution in [0.1, 0.15) is 10.4 Å². The first kappa shape index (κ1) is 15.2. The third-order valence-electron chi connectivity index (χ3n) is 3.17. The number of nitrogens with one attached hydrogen (secondary N) is 2. The van der Waals surface area contributed by atoms with Crippen molar-refractivity contribution in [1.29, 1.82) is 0 Å². The zero-order valence-corrected chi connectivity index (χ0v) is 12.3. The smallest absolute Gasteiger partial charge is 0.271 e. The second-order valence-corrected chi connectivity index (χ2v) is 4.84. The first-order chi connectivity index (χ1) is 11.5. The van der Waals surface area contributed by atoms with Crippen molar-refractivity contribution in [3.05, 3.63) is 64.2 Å². The molecule has 0 saturated carbocycles. The van der Waals surface area contributed by atoms with Crippen molar-refractivity contribution >= 4 is 34.5 Å². The molecule has 24 heavy (non-hydrogen) atoms. The average molecular weight is 324 g/mol. The number of H-pyrrole nitrogens is 1. The molecule has 1 aromatic heterocycles. The van der Waals surface area contributed by atoms with E-state index >= 15 is 0 Å². The number of non-ortho nitro benzene ring substituents is 1. The Morgan fingerprint density at radius 2 is 2.00 bits per heavy atom. The molecule has 3 rings (SSSR count). The SMILES string of the molecule is NC(=Nc1nc2ccc([N+](=O)[O-])cc2[nH]1)NC(=O)c1ccccc1. The van der Waals surface area contributed by atoms with Crippen LogP contribution in [0.15, 0.2) is 53.5 Å². The molecule has 0 aliphatic rings. The van der Waals surface area contributed by atoms with E-state index in [1.165, 1.54) is 18.2 Å². The zero-order chi connectivity index (χ0) is 17.1. The van der Waals surface area contributed by atoms with Crippen LogP contribution in [-0.4, -0.2) is 26.8 Å². The highest BCUT2D eigenvalue weighted by atomic mass is 16.6. The van der Waals surface area contributed by atoms with Gasteiger partial charge in [-0.05, 0) is 18.2 Å². The number of fused-ring (bicyclic) bond motifs is 1. The number of carbonyl (C=O) groups excluding carboxylic acids is 1. The number of hydrogen-bond acceptors (Lipinski definition) is 5. The number of rotatable bonds is 3. The van der Waals surface area contributed by atoms with Gasteiger partial charge in [0, 0.05) is 17.7 Å². The molecule has 9 heteroatoms. The summed E-state index contributed by atoms with van der Waals surface area (Å²) < 4.78 is 0. The molecule has 0 aliphatic carbocycles. The van der Waals surface area contributed by atoms with Gasteiger partial charge in [-0.3, -0.25) is 20.2 Å². The Hall–Kier alpha value is -3.75. The lowest BCUT2D eigenvalue weighted by Crippen LogP contribution is -2.36. The minimum absolute atomic E-state index is 0.0629. The fraction of sp³-hybridized carbons (Fsp3) is 0. The van der Waals surface area contributed by atoms with E-state index in [0.29, 0.717) is 16.6 Å². The van der Waals surface area contributed by atoms with Gasteiger partial charge >= 0.3 is 0 Å². The highest BCUT2D eigenvalue weighted by Gasteiger charge is 2.10. The number of nitrogens with zero attached hydrogens (tertiary/aromatic N) is 3. The number of nitro benzene ring substituents is 1. The van der Waals surface area contributed by atoms with Crippen molar-refractivity contribution in [2.24, 2.45) is 10.7 Å². The maximum Gasteiger partial charge on any atom is 0.271 e. The average Bonchev–Trinajstić information content (AvgIpc) is 2.96. The fourth-order valence-electron chi connectivity index (χ4n) is 2.07. The quantitative estimate of drug-likeness (QED) is 0.292. The molecule has 0 aliphatic heterocycles. The van der Waals surface area contributed by atoms with Gasteiger partial charge in [-0.2, -0.15) is 4.99 Å². The minimum Gasteiger partial charge on any atom is -0.369 e. The Labute approximate surface area is 135 Å². The summed E-state index contributed by atoms with van der Waals surface area (Å²) in [6, 6.07) is 12.7. The van der Waals surface area contributed by atoms with E-state index in [1.54, 1.807) is 30.3 Å². The molecule has 2 aromatic carbocycles. The van der Waals surface area contributed by atoms with E-state index in [1.807, 2.05) is 0 Å². The Morgan fingerprint density at radius 3 is 2.71 bits per heavy atom. The molecule has 4 N–H and O–H groups in total. The molecule has 1 heterocycles. The molecule has 1 amide bonds. The number of aliphatic imine (C=N–C) groups is 1. The van der Waals surface area contributed by atoms with Crippen molar-refractivity contribution in [3.63, 3.8) is 0 Å². The Morgan fingerprint density at radius 1 is 1.25 bits per heavy atom. The summed E-state index contributed by atoms with van der Waals surface area (Å²) in [5, 5.41) is 13.2. The van der Waals surface area contributed by atoms with Crippen molar-refractivity contribution in [2.45, 2.75) is 0 Å². The number of nitrogens with two attached hydrogens (primary N) is 1. The van der Waals surface area contributed by atoms with Crippen LogP contribution in [0.2, 0.25) is 0 Å². The fourth-order valence-corrected chi connectivity index (χ4v) is 2.07. The highest BCUT2D eigenvalue weighted by Crippen LogP contribution is 2.21. The number of guanidine groups is 1. The molecule has 0 fully saturated rings. The van der Waals surface area contributed by atoms with Gasteiger partial charge in [-0.15, -0.1) is 0 Å². The number of nitro groups is 1. The lowest BCUT2D eigenvalue weighted by Gasteiger charge is -2.02. The second kappa shape index (κ2) is 6.16. The number of hydrogen-bond donors (Lipinski definition) is 3. The van der Waals surface area contributed by atoms with Gasteiger partial charge in [-0.1, -0.05) is 18.2 Å². The molecule has 0 radical (unpaired) electrons. The predicted molar refractivity (Wildman–Crippen MR) is 87.9 cm³/mol. The van der Waals surface area contributed by atoms with Crippen LogP contribution in [0.4, 0.5) is 11.6 Å². The van der Waals surface area contributed by atoms with Crippen LogP contribution in [0, 0.1) is 10.1 Å². The molecule has 120 valence electrons. The van der Waals surface area contributed by atoms with Crippen LogP contribution >= 0.6 is 0 Å². The van der Waals surface area contributed by atoms with E-state index in [4.69, 9.17) is 5.73 Å². The summed E-state index contributed by atoms with van der Waals surface area (Å²) in [5.74, 6) is -0.405. The zero-order valence-electron chi connectivity index (χ0n) is 12.3. The van der Waals surface area contributed by atoms with Crippen LogP contribution in [0.3, 0.4) is 0 Å². The summed E-state index contributed by atoms with van der Waals surface area (Å²) in [6.07, 6.45) is 0. The lowest BCUT2D eigenvalue weighted by molar-refractivity contribution is -0.384. The number of carbonyl (C=O) groups is 1. The Kier molecular flexibility index (Phi) is 3.89. The van der Waals surface area contributed by atoms with Crippen LogP contribution < -0.4 is 11.1 Å². The number of aromatic amines is 1. The Bertz CT molecular complexity index is 948. The largest absolute Gasteiger partial charge is 0.369 e. The maximum atomic E-state index is 12.0. The van der Waals surface area contributed by atoms with E-state index in [-0.39, 0.29) is 17.6 Å². The van der Waals surface area contributed by atoms with Gasteiger partial charge < -0.3 is 10.7 Å². The molecule has 0 bridgehead atoms. The third kappa shape index (κ3) is 3.19. The van der Waals surface area contributed by atoms with E-state index in [0.717, 1.165) is 0 Å². The summed E-state index contributed by atoms with van der Waals surface area (Å²) >= 11 is 0. The number of imidazole rings is 1. The minimum atomic E-state index is -0.502. The van der Waals surface area contributed by atoms with Crippen LogP contribution in [0.25, 0.3) is 11.0 Å². The molecule has 0 atom stereocenters. The highest BCUT2D eigenvalue weighted by molar-refractivity contribution is 6.05. The van der Waals surface area contributed by atoms with Crippen molar-refractivity contribution in [1.82, 2.24) is 15.3 Å². The second-order valence-electron chi connectivity index (χ2n) is 4.84. The summed E-state index contributed by atoms with van der Waals surface area (Å²) in [6.45, 7) is 0. The summed E-state index contributed by atoms with van der Waals surface area (Å²) in [4.78, 5) is 33.1. The number of benzene rings is 2. The van der Waals surface area contributed by atoms with E-state index < -0.39 is 10.8 Å². The van der Waals surface area contributed by atoms with Crippen molar-refractivity contribution in [2.75, 3.05) is 0 Å². The predicted octanol–water partition coefficient (Wildman–Crippen LogP) is 1.85. The van der Waals surface area contributed by atoms with Gasteiger partial charge in [0.2, 0.25) is 11.9 Å². The monoisotopic (exact) mass is 324 g/mol. The van der Waals surface area contributed by atoms with Crippen LogP contribution in [-0.2, 0) is 0 Å². The van der Waals surface area contributed by atoms with Gasteiger partial charge in [0.15, 0.2) is 0 Å². The maximum absolute atomic E-state index is 12.0. The van der Waals surface area contributed by atoms with Crippen LogP contribution in [0.5, 0.6) is 0 Å². The molecule has 0 unspecified atom stereocenters. The molecule has 3 aromatic rings. The first-order valence-electron chi connectivity index (χ1n) is 6.87. The molecule has 0 saturated heterocycles. The normalized spacial score (nSPS) is 11.4. The van der Waals surface area contributed by atoms with Gasteiger partial charge in [0.25, 0.3) is 11.6 Å². The van der Waals surface area contributed by atoms with Gasteiger partial charge in [0.05, 0.1) is 16.0 Å². The molecular formula is C15H12N6O3. The van der Waals surface area contributed by atoms with Crippen molar-refractivity contribution < 1.29 is 9.72 Å². The van der Waals surface area contributed by atoms with Crippen molar-refractivity contribution in [3.8, 4) is 0 Å². The molecule has 9 nitrogen and oxygen atoms in total. The lowest BCUT2D eigenvalue weighted by atomic mass is 10.2. The summed E-state index contributed by atoms with van der Waals surface area (Å²) in [7, 11) is 0. The van der Waals surface area contributed by atoms with E-state index in [9.17, 15) is 14.9 Å². The van der Waals surface area contributed by atoms with Gasteiger partial charge in [-0.25, -0.2) is 4.98 Å².